The number of nitrogens with zero attached hydrogens (tertiary/aromatic N) is 2. The van der Waals surface area contributed by atoms with E-state index >= 15 is 0 Å². The summed E-state index contributed by atoms with van der Waals surface area (Å²) in [5, 5.41) is 0. The zero-order valence-corrected chi connectivity index (χ0v) is 10.1. The molecule has 0 spiro atoms. The lowest BCUT2D eigenvalue weighted by Crippen LogP contribution is -2.35. The van der Waals surface area contributed by atoms with Gasteiger partial charge in [0, 0.05) is 18.6 Å². The van der Waals surface area contributed by atoms with Crippen LogP contribution in [0.4, 0.5) is 0 Å². The van der Waals surface area contributed by atoms with E-state index in [-0.39, 0.29) is 5.48 Å². The average molecular weight is 202 g/mol. The maximum absolute atomic E-state index is 2.59. The van der Waals surface area contributed by atoms with Gasteiger partial charge in [0.2, 0.25) is 0 Å². The fraction of sp³-hybridized carbons (Fsp3) is 1.00. The van der Waals surface area contributed by atoms with Crippen LogP contribution in [0.5, 0.6) is 0 Å². The van der Waals surface area contributed by atoms with Crippen LogP contribution in [0.15, 0.2) is 0 Å². The molecule has 86 valence electrons. The second-order valence-electron chi connectivity index (χ2n) is 4.10. The molecule has 2 saturated heterocycles. The van der Waals surface area contributed by atoms with E-state index in [0.29, 0.717) is 0 Å². The molecule has 0 aromatic carbocycles. The van der Waals surface area contributed by atoms with Gasteiger partial charge < -0.3 is 10.4 Å². The van der Waals surface area contributed by atoms with Crippen LogP contribution in [0.25, 0.3) is 0 Å². The largest absolute Gasteiger partial charge is 0.412 e. The average Bonchev–Trinajstić information content (AvgIpc) is 2.39. The minimum Gasteiger partial charge on any atom is -0.412 e. The lowest BCUT2D eigenvalue weighted by molar-refractivity contribution is 0.236. The van der Waals surface area contributed by atoms with Crippen molar-refractivity contribution in [1.29, 1.82) is 0 Å². The predicted molar refractivity (Wildman–Crippen MR) is 61.6 cm³/mol. The van der Waals surface area contributed by atoms with E-state index in [1.165, 1.54) is 32.4 Å². The van der Waals surface area contributed by atoms with Crippen LogP contribution in [0.1, 0.15) is 33.1 Å². The van der Waals surface area contributed by atoms with Gasteiger partial charge in [0.15, 0.2) is 0 Å². The molecule has 2 rings (SSSR count). The van der Waals surface area contributed by atoms with Gasteiger partial charge in [0.25, 0.3) is 0 Å². The highest BCUT2D eigenvalue weighted by Crippen LogP contribution is 2.27. The number of fused-ring (bicyclic) bond motifs is 2. The Kier molecular flexibility index (Phi) is 6.33. The first-order valence-corrected chi connectivity index (χ1v) is 5.68. The first kappa shape index (κ1) is 13.9. The monoisotopic (exact) mass is 202 g/mol. The Bertz CT molecular complexity index is 152. The van der Waals surface area contributed by atoms with Gasteiger partial charge in [-0.1, -0.05) is 13.8 Å². The van der Waals surface area contributed by atoms with Crippen LogP contribution in [-0.2, 0) is 0 Å². The Hall–Kier alpha value is -0.120. The van der Waals surface area contributed by atoms with Crippen molar-refractivity contribution in [2.24, 2.45) is 0 Å². The quantitative estimate of drug-likeness (QED) is 0.587. The van der Waals surface area contributed by atoms with E-state index in [2.05, 4.69) is 23.9 Å². The van der Waals surface area contributed by atoms with Crippen LogP contribution in [-0.4, -0.2) is 54.5 Å². The molecule has 2 atom stereocenters. The summed E-state index contributed by atoms with van der Waals surface area (Å²) in [4.78, 5) is 5.06. The highest BCUT2D eigenvalue weighted by molar-refractivity contribution is 4.90. The molecule has 2 fully saturated rings. The Balaban J connectivity index is 0.000000531. The molecule has 2 aliphatic heterocycles. The molecule has 0 aromatic heterocycles. The van der Waals surface area contributed by atoms with E-state index in [0.717, 1.165) is 12.1 Å². The number of rotatable bonds is 0. The molecular formula is C11H26N2O. The molecule has 0 amide bonds. The van der Waals surface area contributed by atoms with Crippen LogP contribution >= 0.6 is 0 Å². The summed E-state index contributed by atoms with van der Waals surface area (Å²) in [6, 6.07) is 1.75. The molecule has 2 bridgehead atoms. The van der Waals surface area contributed by atoms with Crippen molar-refractivity contribution in [3.05, 3.63) is 0 Å². The zero-order valence-electron chi connectivity index (χ0n) is 10.1. The van der Waals surface area contributed by atoms with Gasteiger partial charge >= 0.3 is 0 Å². The molecular weight excluding hydrogens is 176 g/mol. The van der Waals surface area contributed by atoms with E-state index in [1.54, 1.807) is 0 Å². The van der Waals surface area contributed by atoms with Crippen LogP contribution < -0.4 is 0 Å². The summed E-state index contributed by atoms with van der Waals surface area (Å²) >= 11 is 0. The summed E-state index contributed by atoms with van der Waals surface area (Å²) in [5.74, 6) is 0. The molecule has 2 N–H and O–H groups in total. The Morgan fingerprint density at radius 2 is 1.50 bits per heavy atom. The summed E-state index contributed by atoms with van der Waals surface area (Å²) in [7, 11) is 4.54. The van der Waals surface area contributed by atoms with Crippen molar-refractivity contribution >= 4 is 0 Å². The maximum Gasteiger partial charge on any atom is 0.0223 e. The Morgan fingerprint density at radius 1 is 0.929 bits per heavy atom. The first-order valence-electron chi connectivity index (χ1n) is 5.68. The standard InChI is InChI=1S/C9H18N2.C2H6.H2O/c1-10-6-5-8-3-4-9(7-10)11(8)2;1-2;/h8-9H,3-7H2,1-2H3;1-2H3;1H2. The SMILES string of the molecule is CC.CN1CCC2CCC(C1)N2C.O. The smallest absolute Gasteiger partial charge is 0.0223 e. The van der Waals surface area contributed by atoms with Crippen molar-refractivity contribution in [3.63, 3.8) is 0 Å². The number of hydrogen-bond donors (Lipinski definition) is 0. The van der Waals surface area contributed by atoms with Gasteiger partial charge in [-0.25, -0.2) is 0 Å². The van der Waals surface area contributed by atoms with Crippen molar-refractivity contribution in [2.75, 3.05) is 27.2 Å². The van der Waals surface area contributed by atoms with Gasteiger partial charge in [-0.2, -0.15) is 0 Å². The van der Waals surface area contributed by atoms with Crippen LogP contribution in [0.3, 0.4) is 0 Å². The van der Waals surface area contributed by atoms with Gasteiger partial charge in [0.1, 0.15) is 0 Å². The highest BCUT2D eigenvalue weighted by atomic mass is 16.0. The topological polar surface area (TPSA) is 38.0 Å². The third kappa shape index (κ3) is 2.94. The summed E-state index contributed by atoms with van der Waals surface area (Å²) in [6.45, 7) is 6.58. The van der Waals surface area contributed by atoms with Crippen LogP contribution in [0.2, 0.25) is 0 Å². The van der Waals surface area contributed by atoms with E-state index < -0.39 is 0 Å². The normalized spacial score (nSPS) is 32.6. The number of likely N-dealkylation sites (N-methyl/N-ethyl adjacent to an activating group) is 2. The van der Waals surface area contributed by atoms with Gasteiger partial charge in [-0.3, -0.25) is 4.90 Å². The van der Waals surface area contributed by atoms with Crippen molar-refractivity contribution < 1.29 is 5.48 Å². The Morgan fingerprint density at radius 3 is 2.14 bits per heavy atom. The fourth-order valence-corrected chi connectivity index (χ4v) is 2.48. The molecule has 2 aliphatic rings. The maximum atomic E-state index is 2.59. The third-order valence-corrected chi connectivity index (χ3v) is 3.35. The molecule has 0 aromatic rings. The molecule has 2 heterocycles. The first-order chi connectivity index (χ1) is 6.27. The van der Waals surface area contributed by atoms with E-state index in [4.69, 9.17) is 0 Å². The lowest BCUT2D eigenvalue weighted by atomic mass is 10.1. The highest BCUT2D eigenvalue weighted by Gasteiger charge is 2.33. The molecule has 0 aliphatic carbocycles. The molecule has 14 heavy (non-hydrogen) atoms. The fourth-order valence-electron chi connectivity index (χ4n) is 2.48. The van der Waals surface area contributed by atoms with Crippen molar-refractivity contribution in [2.45, 2.75) is 45.2 Å². The predicted octanol–water partition coefficient (Wildman–Crippen LogP) is 0.986. The minimum absolute atomic E-state index is 0. The number of hydrogen-bond acceptors (Lipinski definition) is 2. The van der Waals surface area contributed by atoms with Gasteiger partial charge in [-0.15, -0.1) is 0 Å². The minimum atomic E-state index is 0. The summed E-state index contributed by atoms with van der Waals surface area (Å²) in [5.41, 5.74) is 0. The number of likely N-dealkylation sites (tertiary alicyclic amines) is 1. The van der Waals surface area contributed by atoms with Gasteiger partial charge in [-0.05, 0) is 39.9 Å². The summed E-state index contributed by atoms with van der Waals surface area (Å²) < 4.78 is 0. The lowest BCUT2D eigenvalue weighted by Gasteiger charge is -2.22. The van der Waals surface area contributed by atoms with E-state index in [9.17, 15) is 0 Å². The summed E-state index contributed by atoms with van der Waals surface area (Å²) in [6.07, 6.45) is 4.24. The molecule has 0 saturated carbocycles. The third-order valence-electron chi connectivity index (χ3n) is 3.35. The molecule has 0 radical (unpaired) electrons. The second kappa shape index (κ2) is 6.38. The zero-order chi connectivity index (χ0) is 9.84. The second-order valence-corrected chi connectivity index (χ2v) is 4.10. The molecule has 3 nitrogen and oxygen atoms in total. The van der Waals surface area contributed by atoms with E-state index in [1.807, 2.05) is 13.8 Å². The Labute approximate surface area is 88.4 Å². The van der Waals surface area contributed by atoms with Crippen LogP contribution in [0, 0.1) is 0 Å². The van der Waals surface area contributed by atoms with Gasteiger partial charge in [0.05, 0.1) is 0 Å². The van der Waals surface area contributed by atoms with Crippen molar-refractivity contribution in [1.82, 2.24) is 9.80 Å². The molecule has 3 heteroatoms. The van der Waals surface area contributed by atoms with Crippen molar-refractivity contribution in [3.8, 4) is 0 Å². The molecule has 2 unspecified atom stereocenters.